The molecule has 1 unspecified atom stereocenters. The molecule has 0 aliphatic heterocycles. The van der Waals surface area contributed by atoms with Crippen molar-refractivity contribution < 1.29 is 13.9 Å². The van der Waals surface area contributed by atoms with E-state index < -0.39 is 17.2 Å². The topological polar surface area (TPSA) is 20.2 Å². The molecule has 0 aliphatic rings. The summed E-state index contributed by atoms with van der Waals surface area (Å²) in [6, 6.07) is 3.05. The van der Waals surface area contributed by atoms with Crippen molar-refractivity contribution in [1.82, 2.24) is 0 Å². The van der Waals surface area contributed by atoms with Crippen LogP contribution in [0.3, 0.4) is 0 Å². The Morgan fingerprint density at radius 1 is 1.31 bits per heavy atom. The number of halogens is 2. The molecule has 86 valence electrons. The first-order valence-corrected chi connectivity index (χ1v) is 5.08. The SMILES string of the molecule is C#CCCCC(C)(O)c1cc(F)cc(F)c1. The van der Waals surface area contributed by atoms with Gasteiger partial charge in [-0.15, -0.1) is 12.3 Å². The molecule has 1 N–H and O–H groups in total. The Labute approximate surface area is 94.1 Å². The molecule has 1 aromatic carbocycles. The minimum absolute atomic E-state index is 0.238. The van der Waals surface area contributed by atoms with E-state index in [9.17, 15) is 13.9 Å². The van der Waals surface area contributed by atoms with Crippen molar-refractivity contribution >= 4 is 0 Å². The molecule has 16 heavy (non-hydrogen) atoms. The number of rotatable bonds is 4. The standard InChI is InChI=1S/C13H14F2O/c1-3-4-5-6-13(2,16)10-7-11(14)9-12(15)8-10/h1,7-9,16H,4-6H2,2H3. The maximum absolute atomic E-state index is 13.0. The summed E-state index contributed by atoms with van der Waals surface area (Å²) in [5.41, 5.74) is -1.01. The fourth-order valence-electron chi connectivity index (χ4n) is 1.54. The lowest BCUT2D eigenvalue weighted by molar-refractivity contribution is 0.0453. The van der Waals surface area contributed by atoms with E-state index in [2.05, 4.69) is 5.92 Å². The highest BCUT2D eigenvalue weighted by Gasteiger charge is 2.23. The quantitative estimate of drug-likeness (QED) is 0.615. The zero-order valence-electron chi connectivity index (χ0n) is 9.13. The fraction of sp³-hybridized carbons (Fsp3) is 0.385. The van der Waals surface area contributed by atoms with Crippen LogP contribution in [0.1, 0.15) is 31.7 Å². The largest absolute Gasteiger partial charge is 0.385 e. The maximum atomic E-state index is 13.0. The minimum Gasteiger partial charge on any atom is -0.385 e. The lowest BCUT2D eigenvalue weighted by Crippen LogP contribution is -2.21. The molecule has 0 bridgehead atoms. The number of hydrogen-bond acceptors (Lipinski definition) is 1. The Balaban J connectivity index is 2.85. The second-order valence-electron chi connectivity index (χ2n) is 3.99. The highest BCUT2D eigenvalue weighted by atomic mass is 19.1. The van der Waals surface area contributed by atoms with Crippen molar-refractivity contribution in [3.8, 4) is 12.3 Å². The van der Waals surface area contributed by atoms with Crippen molar-refractivity contribution in [3.63, 3.8) is 0 Å². The Hall–Kier alpha value is -1.40. The van der Waals surface area contributed by atoms with Crippen LogP contribution in [-0.4, -0.2) is 5.11 Å². The second kappa shape index (κ2) is 5.09. The molecule has 0 saturated carbocycles. The molecule has 0 aliphatic carbocycles. The number of hydrogen-bond donors (Lipinski definition) is 1. The van der Waals surface area contributed by atoms with Crippen molar-refractivity contribution in [1.29, 1.82) is 0 Å². The number of unbranched alkanes of at least 4 members (excludes halogenated alkanes) is 1. The third kappa shape index (κ3) is 3.32. The molecule has 1 rings (SSSR count). The Bertz CT molecular complexity index is 385. The monoisotopic (exact) mass is 224 g/mol. The molecule has 0 heterocycles. The van der Waals surface area contributed by atoms with Gasteiger partial charge in [-0.1, -0.05) is 0 Å². The van der Waals surface area contributed by atoms with E-state index in [0.29, 0.717) is 19.3 Å². The zero-order chi connectivity index (χ0) is 12.2. The van der Waals surface area contributed by atoms with Gasteiger partial charge in [-0.05, 0) is 37.5 Å². The number of terminal acetylenes is 1. The van der Waals surface area contributed by atoms with E-state index in [-0.39, 0.29) is 5.56 Å². The molecule has 0 amide bonds. The summed E-state index contributed by atoms with van der Waals surface area (Å²) in [6.45, 7) is 1.53. The highest BCUT2D eigenvalue weighted by molar-refractivity contribution is 5.23. The van der Waals surface area contributed by atoms with Crippen LogP contribution in [0.5, 0.6) is 0 Å². The first-order chi connectivity index (χ1) is 7.45. The van der Waals surface area contributed by atoms with Crippen LogP contribution in [0.25, 0.3) is 0 Å². The fourth-order valence-corrected chi connectivity index (χ4v) is 1.54. The maximum Gasteiger partial charge on any atom is 0.126 e. The van der Waals surface area contributed by atoms with Gasteiger partial charge in [-0.25, -0.2) is 8.78 Å². The summed E-state index contributed by atoms with van der Waals surface area (Å²) < 4.78 is 25.9. The molecular weight excluding hydrogens is 210 g/mol. The van der Waals surface area contributed by atoms with Crippen molar-refractivity contribution in [2.75, 3.05) is 0 Å². The smallest absolute Gasteiger partial charge is 0.126 e. The Morgan fingerprint density at radius 3 is 2.38 bits per heavy atom. The van der Waals surface area contributed by atoms with Gasteiger partial charge in [0, 0.05) is 12.5 Å². The van der Waals surface area contributed by atoms with Gasteiger partial charge in [0.25, 0.3) is 0 Å². The molecule has 1 aromatic rings. The molecule has 1 nitrogen and oxygen atoms in total. The predicted molar refractivity (Wildman–Crippen MR) is 58.6 cm³/mol. The summed E-state index contributed by atoms with van der Waals surface area (Å²) in [4.78, 5) is 0. The van der Waals surface area contributed by atoms with Crippen LogP contribution in [-0.2, 0) is 5.60 Å². The zero-order valence-corrected chi connectivity index (χ0v) is 9.13. The van der Waals surface area contributed by atoms with Gasteiger partial charge < -0.3 is 5.11 Å². The van der Waals surface area contributed by atoms with E-state index in [4.69, 9.17) is 6.42 Å². The molecular formula is C13H14F2O. The molecule has 0 aromatic heterocycles. The lowest BCUT2D eigenvalue weighted by atomic mass is 9.90. The van der Waals surface area contributed by atoms with Crippen LogP contribution < -0.4 is 0 Å². The predicted octanol–water partition coefficient (Wildman–Crippen LogP) is 2.98. The number of aliphatic hydroxyl groups is 1. The second-order valence-corrected chi connectivity index (χ2v) is 3.99. The van der Waals surface area contributed by atoms with Crippen molar-refractivity contribution in [2.24, 2.45) is 0 Å². The summed E-state index contributed by atoms with van der Waals surface area (Å²) in [5, 5.41) is 10.1. The third-order valence-electron chi connectivity index (χ3n) is 2.47. The molecule has 0 saturated heterocycles. The van der Waals surface area contributed by atoms with E-state index in [1.165, 1.54) is 6.92 Å². The van der Waals surface area contributed by atoms with Crippen LogP contribution >= 0.6 is 0 Å². The molecule has 1 atom stereocenters. The summed E-state index contributed by atoms with van der Waals surface area (Å²) >= 11 is 0. The average Bonchev–Trinajstić information content (AvgIpc) is 2.16. The Kier molecular flexibility index (Phi) is 4.03. The molecule has 0 radical (unpaired) electrons. The van der Waals surface area contributed by atoms with Gasteiger partial charge in [0.05, 0.1) is 5.60 Å². The summed E-state index contributed by atoms with van der Waals surface area (Å²) in [6.07, 6.45) is 6.62. The summed E-state index contributed by atoms with van der Waals surface area (Å²) in [5.74, 6) is 1.08. The first kappa shape index (κ1) is 12.7. The van der Waals surface area contributed by atoms with Gasteiger partial charge >= 0.3 is 0 Å². The van der Waals surface area contributed by atoms with Gasteiger partial charge in [0.15, 0.2) is 0 Å². The van der Waals surface area contributed by atoms with Crippen LogP contribution in [0.15, 0.2) is 18.2 Å². The van der Waals surface area contributed by atoms with Gasteiger partial charge in [0.1, 0.15) is 11.6 Å². The van der Waals surface area contributed by atoms with Crippen LogP contribution in [0.4, 0.5) is 8.78 Å². The van der Waals surface area contributed by atoms with E-state index in [1.807, 2.05) is 0 Å². The van der Waals surface area contributed by atoms with E-state index >= 15 is 0 Å². The average molecular weight is 224 g/mol. The highest BCUT2D eigenvalue weighted by Crippen LogP contribution is 2.27. The molecule has 0 spiro atoms. The summed E-state index contributed by atoms with van der Waals surface area (Å²) in [7, 11) is 0. The molecule has 0 fully saturated rings. The van der Waals surface area contributed by atoms with Crippen molar-refractivity contribution in [3.05, 3.63) is 35.4 Å². The number of benzene rings is 1. The Morgan fingerprint density at radius 2 is 1.88 bits per heavy atom. The molecule has 3 heteroatoms. The lowest BCUT2D eigenvalue weighted by Gasteiger charge is -2.23. The van der Waals surface area contributed by atoms with Crippen LogP contribution in [0.2, 0.25) is 0 Å². The normalized spacial score (nSPS) is 14.2. The third-order valence-corrected chi connectivity index (χ3v) is 2.47. The van der Waals surface area contributed by atoms with Crippen molar-refractivity contribution in [2.45, 2.75) is 31.8 Å². The van der Waals surface area contributed by atoms with Crippen LogP contribution in [0, 0.1) is 24.0 Å². The minimum atomic E-state index is -1.25. The van der Waals surface area contributed by atoms with Gasteiger partial charge in [-0.2, -0.15) is 0 Å². The van der Waals surface area contributed by atoms with E-state index in [1.54, 1.807) is 0 Å². The van der Waals surface area contributed by atoms with Gasteiger partial charge in [0.2, 0.25) is 0 Å². The first-order valence-electron chi connectivity index (χ1n) is 5.08. The van der Waals surface area contributed by atoms with Gasteiger partial charge in [-0.3, -0.25) is 0 Å². The van der Waals surface area contributed by atoms with E-state index in [0.717, 1.165) is 18.2 Å².